The molecule has 0 radical (unpaired) electrons. The maximum Gasteiger partial charge on any atom is 0.325 e. The lowest BCUT2D eigenvalue weighted by Gasteiger charge is -2.28. The number of aliphatic hydroxyl groups excluding tert-OH is 1. The van der Waals surface area contributed by atoms with E-state index < -0.39 is 41.9 Å². The van der Waals surface area contributed by atoms with Gasteiger partial charge in [0.05, 0.1) is 18.4 Å². The molecule has 1 fully saturated rings. The number of anilines is 1. The van der Waals surface area contributed by atoms with Crippen LogP contribution in [0.15, 0.2) is 42.5 Å². The number of hydrogen-bond acceptors (Lipinski definition) is 6. The zero-order valence-electron chi connectivity index (χ0n) is 17.9. The first kappa shape index (κ1) is 24.9. The van der Waals surface area contributed by atoms with Gasteiger partial charge in [0.25, 0.3) is 11.8 Å². The number of benzene rings is 2. The van der Waals surface area contributed by atoms with E-state index in [4.69, 9.17) is 14.6 Å². The molecule has 0 aromatic heterocycles. The van der Waals surface area contributed by atoms with Gasteiger partial charge < -0.3 is 25.2 Å². The van der Waals surface area contributed by atoms with Gasteiger partial charge in [-0.25, -0.2) is 14.1 Å². The van der Waals surface area contributed by atoms with Crippen LogP contribution in [0.4, 0.5) is 14.9 Å². The first-order chi connectivity index (χ1) is 15.8. The Morgan fingerprint density at radius 3 is 2.58 bits per heavy atom. The second-order valence-corrected chi connectivity index (χ2v) is 8.48. The number of rotatable bonds is 9. The molecule has 1 aliphatic rings. The van der Waals surface area contributed by atoms with Crippen molar-refractivity contribution in [2.75, 3.05) is 25.6 Å². The molecule has 33 heavy (non-hydrogen) atoms. The molecular formula is C22H23FIN3O6. The maximum atomic E-state index is 14.2. The molecule has 0 aliphatic carbocycles. The van der Waals surface area contributed by atoms with Crippen LogP contribution in [0.25, 0.3) is 0 Å². The molecule has 1 unspecified atom stereocenters. The van der Waals surface area contributed by atoms with Crippen molar-refractivity contribution in [3.8, 4) is 5.75 Å². The second kappa shape index (κ2) is 10.9. The number of carbonyl (C=O) groups is 3. The Morgan fingerprint density at radius 1 is 1.27 bits per heavy atom. The molecule has 3 rings (SSSR count). The Balaban J connectivity index is 1.83. The number of nitrogens with one attached hydrogen (secondary N) is 2. The standard InChI is InChI=1S/C22H23FIN3O6/c1-12(32-2)19(20(29)25-17-8-5-14(24)11-16(17)23)27-21(30)18(26-22(27)31)13-3-6-15(7-4-13)33-10-9-28/h3-8,11-12,18-19,28H,9-10H2,1-2H3,(H,25,29)(H,26,31)/t12-,18?,19+/m1/s1. The highest BCUT2D eigenvalue weighted by Crippen LogP contribution is 2.27. The lowest BCUT2D eigenvalue weighted by Crippen LogP contribution is -2.53. The molecule has 3 N–H and O–H groups in total. The summed E-state index contributed by atoms with van der Waals surface area (Å²) in [5.74, 6) is -1.55. The number of amides is 4. The van der Waals surface area contributed by atoms with Crippen LogP contribution < -0.4 is 15.4 Å². The van der Waals surface area contributed by atoms with E-state index in [0.717, 1.165) is 4.90 Å². The summed E-state index contributed by atoms with van der Waals surface area (Å²) in [6, 6.07) is 7.58. The van der Waals surface area contributed by atoms with E-state index in [0.29, 0.717) is 14.9 Å². The molecule has 0 spiro atoms. The van der Waals surface area contributed by atoms with Crippen molar-refractivity contribution in [2.24, 2.45) is 0 Å². The topological polar surface area (TPSA) is 117 Å². The Hall–Kier alpha value is -2.77. The van der Waals surface area contributed by atoms with Crippen molar-refractivity contribution in [1.29, 1.82) is 0 Å². The minimum Gasteiger partial charge on any atom is -0.491 e. The molecule has 0 bridgehead atoms. The summed E-state index contributed by atoms with van der Waals surface area (Å²) in [5, 5.41) is 13.9. The highest BCUT2D eigenvalue weighted by molar-refractivity contribution is 14.1. The molecule has 3 atom stereocenters. The van der Waals surface area contributed by atoms with Crippen LogP contribution in [0.3, 0.4) is 0 Å². The highest BCUT2D eigenvalue weighted by atomic mass is 127. The Morgan fingerprint density at radius 2 is 1.97 bits per heavy atom. The Kier molecular flexibility index (Phi) is 8.21. The van der Waals surface area contributed by atoms with Gasteiger partial charge in [0.1, 0.15) is 30.3 Å². The summed E-state index contributed by atoms with van der Waals surface area (Å²) in [4.78, 5) is 39.8. The average Bonchev–Trinajstić information content (AvgIpc) is 3.08. The predicted molar refractivity (Wildman–Crippen MR) is 125 cm³/mol. The summed E-state index contributed by atoms with van der Waals surface area (Å²) in [6.07, 6.45) is -0.861. The van der Waals surface area contributed by atoms with E-state index in [1.54, 1.807) is 30.3 Å². The van der Waals surface area contributed by atoms with Crippen molar-refractivity contribution < 1.29 is 33.4 Å². The lowest BCUT2D eigenvalue weighted by molar-refractivity contribution is -0.137. The Labute approximate surface area is 203 Å². The average molecular weight is 571 g/mol. The quantitative estimate of drug-likeness (QED) is 0.315. The van der Waals surface area contributed by atoms with Gasteiger partial charge in [0.2, 0.25) is 0 Å². The first-order valence-corrected chi connectivity index (χ1v) is 11.1. The van der Waals surface area contributed by atoms with Gasteiger partial charge in [0.15, 0.2) is 0 Å². The van der Waals surface area contributed by atoms with Crippen LogP contribution in [0.5, 0.6) is 5.75 Å². The summed E-state index contributed by atoms with van der Waals surface area (Å²) in [7, 11) is 1.34. The molecule has 1 heterocycles. The molecule has 176 valence electrons. The monoisotopic (exact) mass is 571 g/mol. The van der Waals surface area contributed by atoms with Crippen molar-refractivity contribution in [2.45, 2.75) is 25.1 Å². The van der Waals surface area contributed by atoms with Gasteiger partial charge in [-0.1, -0.05) is 12.1 Å². The van der Waals surface area contributed by atoms with Gasteiger partial charge in [0, 0.05) is 10.7 Å². The molecule has 4 amide bonds. The van der Waals surface area contributed by atoms with Gasteiger partial charge in [-0.05, 0) is 65.4 Å². The number of urea groups is 1. The van der Waals surface area contributed by atoms with E-state index in [1.807, 2.05) is 22.6 Å². The number of carbonyl (C=O) groups excluding carboxylic acids is 3. The van der Waals surface area contributed by atoms with Crippen LogP contribution in [-0.4, -0.2) is 60.3 Å². The molecule has 1 saturated heterocycles. The molecular weight excluding hydrogens is 548 g/mol. The third-order valence-electron chi connectivity index (χ3n) is 5.10. The molecule has 11 heteroatoms. The highest BCUT2D eigenvalue weighted by Gasteiger charge is 2.47. The van der Waals surface area contributed by atoms with Crippen molar-refractivity contribution in [1.82, 2.24) is 10.2 Å². The summed E-state index contributed by atoms with van der Waals surface area (Å²) < 4.78 is 25.4. The molecule has 2 aromatic carbocycles. The van der Waals surface area contributed by atoms with Crippen molar-refractivity contribution >= 4 is 46.1 Å². The number of methoxy groups -OCH3 is 1. The van der Waals surface area contributed by atoms with Crippen LogP contribution in [-0.2, 0) is 14.3 Å². The largest absolute Gasteiger partial charge is 0.491 e. The van der Waals surface area contributed by atoms with E-state index in [1.165, 1.54) is 26.2 Å². The minimum atomic E-state index is -1.33. The van der Waals surface area contributed by atoms with E-state index >= 15 is 0 Å². The number of ether oxygens (including phenoxy) is 2. The first-order valence-electron chi connectivity index (χ1n) is 10.0. The van der Waals surface area contributed by atoms with Crippen molar-refractivity contribution in [3.05, 3.63) is 57.4 Å². The molecule has 0 saturated carbocycles. The van der Waals surface area contributed by atoms with Crippen molar-refractivity contribution in [3.63, 3.8) is 0 Å². The lowest BCUT2D eigenvalue weighted by atomic mass is 10.0. The zero-order chi connectivity index (χ0) is 24.1. The summed E-state index contributed by atoms with van der Waals surface area (Å²) in [5.41, 5.74) is 0.413. The number of halogens is 2. The Bertz CT molecular complexity index is 1040. The van der Waals surface area contributed by atoms with Crippen LogP contribution in [0.1, 0.15) is 18.5 Å². The third-order valence-corrected chi connectivity index (χ3v) is 5.77. The third kappa shape index (κ3) is 5.60. The second-order valence-electron chi connectivity index (χ2n) is 7.23. The smallest absolute Gasteiger partial charge is 0.325 e. The number of imide groups is 1. The maximum absolute atomic E-state index is 14.2. The van der Waals surface area contributed by atoms with Crippen LogP contribution in [0.2, 0.25) is 0 Å². The SMILES string of the molecule is CO[C@H](C)[C@@H](C(=O)Nc1ccc(I)cc1F)N1C(=O)NC(c2ccc(OCCO)cc2)C1=O. The fraction of sp³-hybridized carbons (Fsp3) is 0.318. The van der Waals surface area contributed by atoms with Crippen LogP contribution >= 0.6 is 22.6 Å². The van der Waals surface area contributed by atoms with Gasteiger partial charge in [-0.15, -0.1) is 0 Å². The number of hydrogen-bond donors (Lipinski definition) is 3. The van der Waals surface area contributed by atoms with Gasteiger partial charge in [-0.3, -0.25) is 9.59 Å². The fourth-order valence-corrected chi connectivity index (χ4v) is 3.82. The molecule has 1 aliphatic heterocycles. The fourth-order valence-electron chi connectivity index (χ4n) is 3.37. The summed E-state index contributed by atoms with van der Waals surface area (Å²) in [6.45, 7) is 1.52. The molecule has 9 nitrogen and oxygen atoms in total. The predicted octanol–water partition coefficient (Wildman–Crippen LogP) is 2.44. The summed E-state index contributed by atoms with van der Waals surface area (Å²) >= 11 is 1.94. The van der Waals surface area contributed by atoms with E-state index in [-0.39, 0.29) is 18.9 Å². The van der Waals surface area contributed by atoms with Gasteiger partial charge >= 0.3 is 6.03 Å². The van der Waals surface area contributed by atoms with Crippen LogP contribution in [0, 0.1) is 9.39 Å². The minimum absolute atomic E-state index is 0.0733. The van der Waals surface area contributed by atoms with E-state index in [9.17, 15) is 18.8 Å². The van der Waals surface area contributed by atoms with Gasteiger partial charge in [-0.2, -0.15) is 0 Å². The normalized spacial score (nSPS) is 17.5. The number of nitrogens with zero attached hydrogens (tertiary/aromatic N) is 1. The number of aliphatic hydroxyl groups is 1. The molecule has 2 aromatic rings. The van der Waals surface area contributed by atoms with E-state index in [2.05, 4.69) is 10.6 Å². The zero-order valence-corrected chi connectivity index (χ0v) is 20.0.